The Balaban J connectivity index is 1.25. The van der Waals surface area contributed by atoms with Gasteiger partial charge in [-0.2, -0.15) is 0 Å². The molecule has 3 aromatic heterocycles. The van der Waals surface area contributed by atoms with Crippen LogP contribution >= 0.6 is 11.3 Å². The minimum Gasteiger partial charge on any atom is -0.455 e. The van der Waals surface area contributed by atoms with Crippen LogP contribution in [0.1, 0.15) is 25.0 Å². The lowest BCUT2D eigenvalue weighted by atomic mass is 9.82. The van der Waals surface area contributed by atoms with Crippen LogP contribution in [0.3, 0.4) is 0 Å². The van der Waals surface area contributed by atoms with Crippen LogP contribution in [0.2, 0.25) is 0 Å². The second-order valence-corrected chi connectivity index (χ2v) is 13.6. The molecule has 0 N–H and O–H groups in total. The lowest BCUT2D eigenvalue weighted by Gasteiger charge is -2.21. The van der Waals surface area contributed by atoms with E-state index < -0.39 is 0 Å². The molecule has 0 spiro atoms. The number of fused-ring (bicyclic) bond motifs is 12. The van der Waals surface area contributed by atoms with E-state index in [-0.39, 0.29) is 5.41 Å². The maximum absolute atomic E-state index is 6.56. The molecule has 0 saturated heterocycles. The molecule has 1 aliphatic carbocycles. The fourth-order valence-electron chi connectivity index (χ4n) is 7.49. The highest BCUT2D eigenvalue weighted by atomic mass is 32.1. The number of nitrogens with zero attached hydrogens (tertiary/aromatic N) is 2. The third-order valence-corrected chi connectivity index (χ3v) is 10.9. The summed E-state index contributed by atoms with van der Waals surface area (Å²) in [4.78, 5) is 10.6. The van der Waals surface area contributed by atoms with Crippen molar-refractivity contribution in [3.05, 3.63) is 132 Å². The van der Waals surface area contributed by atoms with Crippen LogP contribution in [0.15, 0.2) is 126 Å². The first kappa shape index (κ1) is 25.1. The zero-order valence-electron chi connectivity index (χ0n) is 24.8. The van der Waals surface area contributed by atoms with Crippen molar-refractivity contribution < 1.29 is 4.42 Å². The topological polar surface area (TPSA) is 38.9 Å². The summed E-state index contributed by atoms with van der Waals surface area (Å²) in [6.45, 7) is 4.62. The minimum absolute atomic E-state index is 0.150. The van der Waals surface area contributed by atoms with Gasteiger partial charge in [0.1, 0.15) is 11.2 Å². The van der Waals surface area contributed by atoms with E-state index in [0.717, 1.165) is 55.5 Å². The van der Waals surface area contributed by atoms with Gasteiger partial charge in [0, 0.05) is 58.4 Å². The Morgan fingerprint density at radius 2 is 1.38 bits per heavy atom. The number of hydrogen-bond acceptors (Lipinski definition) is 4. The summed E-state index contributed by atoms with van der Waals surface area (Å²) in [7, 11) is 0. The second-order valence-electron chi connectivity index (χ2n) is 12.5. The molecule has 10 rings (SSSR count). The summed E-state index contributed by atoms with van der Waals surface area (Å²) >= 11 is 1.82. The number of benzene rings is 6. The number of para-hydroxylation sites is 1. The average molecular weight is 595 g/mol. The fraction of sp³-hybridized carbons (Fsp3) is 0.0732. The second kappa shape index (κ2) is 8.87. The number of thiophene rings is 1. The Bertz CT molecular complexity index is 2680. The molecule has 4 heteroatoms. The van der Waals surface area contributed by atoms with E-state index in [2.05, 4.69) is 129 Å². The maximum atomic E-state index is 6.56. The molecule has 0 unspecified atom stereocenters. The third kappa shape index (κ3) is 3.40. The largest absolute Gasteiger partial charge is 0.455 e. The van der Waals surface area contributed by atoms with Crippen LogP contribution in [0.25, 0.3) is 86.8 Å². The van der Waals surface area contributed by atoms with E-state index in [1.165, 1.54) is 42.4 Å². The van der Waals surface area contributed by atoms with Crippen LogP contribution in [-0.4, -0.2) is 9.97 Å². The monoisotopic (exact) mass is 594 g/mol. The predicted molar refractivity (Wildman–Crippen MR) is 188 cm³/mol. The zero-order valence-corrected chi connectivity index (χ0v) is 25.6. The molecule has 0 amide bonds. The molecule has 0 aliphatic heterocycles. The van der Waals surface area contributed by atoms with E-state index in [0.29, 0.717) is 0 Å². The standard InChI is InChI=1S/C41H26N2OS/c1-41(2)30-19-16-24(22-29(30)35-31(41)20-17-27-25-12-6-8-14-33(25)44-38(27)35)40-42-32-21-18-28-26-13-7-9-15-34(26)45-39(28)36(32)37(43-40)23-10-4-3-5-11-23/h3-22H,1-2H3. The number of rotatable bonds is 2. The van der Waals surface area contributed by atoms with Crippen LogP contribution < -0.4 is 0 Å². The molecule has 6 aromatic carbocycles. The Labute approximate surface area is 263 Å². The molecule has 0 bridgehead atoms. The van der Waals surface area contributed by atoms with Gasteiger partial charge in [0.25, 0.3) is 0 Å². The Kier molecular flexibility index (Phi) is 4.94. The van der Waals surface area contributed by atoms with Gasteiger partial charge >= 0.3 is 0 Å². The lowest BCUT2D eigenvalue weighted by molar-refractivity contribution is 0.653. The molecular weight excluding hydrogens is 569 g/mol. The van der Waals surface area contributed by atoms with Crippen molar-refractivity contribution in [2.75, 3.05) is 0 Å². The van der Waals surface area contributed by atoms with Crippen LogP contribution in [0.5, 0.6) is 0 Å². The predicted octanol–water partition coefficient (Wildman–Crippen LogP) is 11.5. The van der Waals surface area contributed by atoms with Crippen molar-refractivity contribution in [2.45, 2.75) is 19.3 Å². The smallest absolute Gasteiger partial charge is 0.160 e. The van der Waals surface area contributed by atoms with E-state index >= 15 is 0 Å². The van der Waals surface area contributed by atoms with E-state index in [4.69, 9.17) is 14.4 Å². The first-order valence-electron chi connectivity index (χ1n) is 15.3. The summed E-state index contributed by atoms with van der Waals surface area (Å²) < 4.78 is 9.07. The average Bonchev–Trinajstić information content (AvgIpc) is 3.72. The number of aromatic nitrogens is 2. The van der Waals surface area contributed by atoms with Crippen LogP contribution in [-0.2, 0) is 5.41 Å². The van der Waals surface area contributed by atoms with Crippen molar-refractivity contribution in [3.63, 3.8) is 0 Å². The third-order valence-electron chi connectivity index (χ3n) is 9.69. The van der Waals surface area contributed by atoms with Gasteiger partial charge in [-0.3, -0.25) is 0 Å². The molecule has 0 saturated carbocycles. The normalized spacial score (nSPS) is 13.7. The first-order valence-corrected chi connectivity index (χ1v) is 16.2. The number of hydrogen-bond donors (Lipinski definition) is 0. The number of furan rings is 1. The summed E-state index contributed by atoms with van der Waals surface area (Å²) in [5.74, 6) is 0.729. The molecule has 45 heavy (non-hydrogen) atoms. The highest BCUT2D eigenvalue weighted by Crippen LogP contribution is 2.53. The minimum atomic E-state index is -0.150. The lowest BCUT2D eigenvalue weighted by Crippen LogP contribution is -2.14. The molecular formula is C41H26N2OS. The summed E-state index contributed by atoms with van der Waals surface area (Å²) in [5, 5.41) is 5.94. The zero-order chi connectivity index (χ0) is 29.9. The van der Waals surface area contributed by atoms with Crippen molar-refractivity contribution in [1.29, 1.82) is 0 Å². The Morgan fingerprint density at radius 1 is 0.622 bits per heavy atom. The van der Waals surface area contributed by atoms with Crippen LogP contribution in [0.4, 0.5) is 0 Å². The highest BCUT2D eigenvalue weighted by molar-refractivity contribution is 7.26. The van der Waals surface area contributed by atoms with Crippen molar-refractivity contribution in [1.82, 2.24) is 9.97 Å². The molecule has 9 aromatic rings. The van der Waals surface area contributed by atoms with Gasteiger partial charge in [-0.25, -0.2) is 9.97 Å². The van der Waals surface area contributed by atoms with Crippen molar-refractivity contribution in [2.24, 2.45) is 0 Å². The van der Waals surface area contributed by atoms with E-state index in [1.54, 1.807) is 0 Å². The molecule has 0 atom stereocenters. The molecule has 3 nitrogen and oxygen atoms in total. The van der Waals surface area contributed by atoms with Gasteiger partial charge < -0.3 is 4.42 Å². The van der Waals surface area contributed by atoms with Gasteiger partial charge in [-0.05, 0) is 41.0 Å². The van der Waals surface area contributed by atoms with Crippen LogP contribution in [0, 0.1) is 0 Å². The maximum Gasteiger partial charge on any atom is 0.160 e. The summed E-state index contributed by atoms with van der Waals surface area (Å²) in [6.07, 6.45) is 0. The van der Waals surface area contributed by atoms with Gasteiger partial charge in [-0.15, -0.1) is 11.3 Å². The first-order chi connectivity index (χ1) is 22.1. The quantitative estimate of drug-likeness (QED) is 0.200. The molecule has 212 valence electrons. The van der Waals surface area contributed by atoms with E-state index in [1.807, 2.05) is 17.4 Å². The van der Waals surface area contributed by atoms with Crippen molar-refractivity contribution in [3.8, 4) is 33.8 Å². The van der Waals surface area contributed by atoms with Gasteiger partial charge in [0.2, 0.25) is 0 Å². The Morgan fingerprint density at radius 3 is 2.27 bits per heavy atom. The highest BCUT2D eigenvalue weighted by Gasteiger charge is 2.38. The Hall–Kier alpha value is -5.32. The SMILES string of the molecule is CC1(C)c2ccc(-c3nc(-c4ccccc4)c4c(ccc5c6ccccc6sc54)n3)cc2-c2c1ccc1c2oc2ccccc21. The summed E-state index contributed by atoms with van der Waals surface area (Å²) in [5.41, 5.74) is 10.7. The van der Waals surface area contributed by atoms with Gasteiger partial charge in [0.05, 0.1) is 11.2 Å². The molecule has 0 fully saturated rings. The van der Waals surface area contributed by atoms with E-state index in [9.17, 15) is 0 Å². The molecule has 1 aliphatic rings. The summed E-state index contributed by atoms with van der Waals surface area (Å²) in [6, 6.07) is 43.1. The fourth-order valence-corrected chi connectivity index (χ4v) is 8.74. The van der Waals surface area contributed by atoms with Crippen molar-refractivity contribution >= 4 is 64.4 Å². The van der Waals surface area contributed by atoms with Gasteiger partial charge in [-0.1, -0.05) is 111 Å². The van der Waals surface area contributed by atoms with Gasteiger partial charge in [0.15, 0.2) is 5.82 Å². The molecule has 0 radical (unpaired) electrons. The molecule has 3 heterocycles.